The molecule has 26 heavy (non-hydrogen) atoms. The zero-order chi connectivity index (χ0) is 18.4. The van der Waals surface area contributed by atoms with Crippen molar-refractivity contribution >= 4 is 11.9 Å². The monoisotopic (exact) mass is 358 g/mol. The molecule has 1 unspecified atom stereocenters. The van der Waals surface area contributed by atoms with Crippen LogP contribution in [0.15, 0.2) is 24.3 Å². The number of urea groups is 1. The maximum absolute atomic E-state index is 12.5. The van der Waals surface area contributed by atoms with Gasteiger partial charge in [0, 0.05) is 37.8 Å². The first-order valence-electron chi connectivity index (χ1n) is 9.81. The highest BCUT2D eigenvalue weighted by atomic mass is 16.2. The normalized spacial score (nSPS) is 21.3. The Labute approximate surface area is 155 Å². The van der Waals surface area contributed by atoms with E-state index >= 15 is 0 Å². The Morgan fingerprint density at radius 1 is 1.15 bits per heavy atom. The SMILES string of the molecule is CCNC(=O)N1CCC(NC(=O)c2ccc(C3CCCNC3)cc2)CC1. The molecule has 0 bridgehead atoms. The van der Waals surface area contributed by atoms with E-state index in [4.69, 9.17) is 0 Å². The molecule has 2 aliphatic heterocycles. The van der Waals surface area contributed by atoms with Gasteiger partial charge in [0.2, 0.25) is 0 Å². The molecule has 2 aliphatic rings. The number of amides is 3. The summed E-state index contributed by atoms with van der Waals surface area (Å²) < 4.78 is 0. The van der Waals surface area contributed by atoms with E-state index in [-0.39, 0.29) is 18.0 Å². The van der Waals surface area contributed by atoms with Crippen molar-refractivity contribution in [2.45, 2.75) is 44.6 Å². The van der Waals surface area contributed by atoms with Crippen molar-refractivity contribution in [3.8, 4) is 0 Å². The molecule has 6 heteroatoms. The molecule has 0 saturated carbocycles. The molecule has 1 aromatic rings. The van der Waals surface area contributed by atoms with Gasteiger partial charge < -0.3 is 20.9 Å². The minimum Gasteiger partial charge on any atom is -0.349 e. The summed E-state index contributed by atoms with van der Waals surface area (Å²) >= 11 is 0. The third kappa shape index (κ3) is 4.75. The molecule has 2 saturated heterocycles. The number of hydrogen-bond donors (Lipinski definition) is 3. The van der Waals surface area contributed by atoms with Crippen molar-refractivity contribution in [1.29, 1.82) is 0 Å². The van der Waals surface area contributed by atoms with Crippen LogP contribution in [0.1, 0.15) is 54.4 Å². The van der Waals surface area contributed by atoms with E-state index in [1.165, 1.54) is 18.4 Å². The van der Waals surface area contributed by atoms with Crippen molar-refractivity contribution in [3.63, 3.8) is 0 Å². The van der Waals surface area contributed by atoms with Crippen LogP contribution in [-0.4, -0.2) is 55.6 Å². The summed E-state index contributed by atoms with van der Waals surface area (Å²) in [7, 11) is 0. The van der Waals surface area contributed by atoms with Gasteiger partial charge in [0.05, 0.1) is 0 Å². The quantitative estimate of drug-likeness (QED) is 0.771. The number of piperidine rings is 2. The van der Waals surface area contributed by atoms with E-state index in [1.54, 1.807) is 0 Å². The third-order valence-corrected chi connectivity index (χ3v) is 5.39. The fourth-order valence-electron chi connectivity index (χ4n) is 3.80. The Morgan fingerprint density at radius 2 is 1.88 bits per heavy atom. The van der Waals surface area contributed by atoms with Crippen LogP contribution in [0.5, 0.6) is 0 Å². The molecule has 3 rings (SSSR count). The largest absolute Gasteiger partial charge is 0.349 e. The van der Waals surface area contributed by atoms with E-state index in [2.05, 4.69) is 28.1 Å². The smallest absolute Gasteiger partial charge is 0.317 e. The predicted molar refractivity (Wildman–Crippen MR) is 102 cm³/mol. The van der Waals surface area contributed by atoms with E-state index in [1.807, 2.05) is 24.0 Å². The molecule has 0 radical (unpaired) electrons. The summed E-state index contributed by atoms with van der Waals surface area (Å²) in [6.07, 6.45) is 4.02. The van der Waals surface area contributed by atoms with E-state index < -0.39 is 0 Å². The lowest BCUT2D eigenvalue weighted by Gasteiger charge is -2.32. The van der Waals surface area contributed by atoms with E-state index in [0.717, 1.165) is 25.9 Å². The molecule has 3 amide bonds. The second-order valence-corrected chi connectivity index (χ2v) is 7.24. The molecule has 2 heterocycles. The fourth-order valence-corrected chi connectivity index (χ4v) is 3.80. The minimum atomic E-state index is -0.0187. The van der Waals surface area contributed by atoms with Crippen LogP contribution in [0.4, 0.5) is 4.79 Å². The molecule has 2 fully saturated rings. The summed E-state index contributed by atoms with van der Waals surface area (Å²) in [5.74, 6) is 0.536. The van der Waals surface area contributed by atoms with Crippen LogP contribution in [0.3, 0.4) is 0 Å². The number of carbonyl (C=O) groups is 2. The molecule has 0 spiro atoms. The van der Waals surface area contributed by atoms with Crippen LogP contribution in [0.25, 0.3) is 0 Å². The lowest BCUT2D eigenvalue weighted by Crippen LogP contribution is -2.49. The Balaban J connectivity index is 1.48. The van der Waals surface area contributed by atoms with Gasteiger partial charge in [-0.15, -0.1) is 0 Å². The van der Waals surface area contributed by atoms with Crippen molar-refractivity contribution < 1.29 is 9.59 Å². The zero-order valence-electron chi connectivity index (χ0n) is 15.6. The first-order valence-corrected chi connectivity index (χ1v) is 9.81. The lowest BCUT2D eigenvalue weighted by molar-refractivity contribution is 0.0918. The highest BCUT2D eigenvalue weighted by Gasteiger charge is 2.24. The van der Waals surface area contributed by atoms with Gasteiger partial charge in [-0.25, -0.2) is 4.79 Å². The molecule has 0 aliphatic carbocycles. The van der Waals surface area contributed by atoms with Crippen LogP contribution in [0, 0.1) is 0 Å². The second kappa shape index (κ2) is 9.03. The highest BCUT2D eigenvalue weighted by Crippen LogP contribution is 2.23. The fraction of sp³-hybridized carbons (Fsp3) is 0.600. The summed E-state index contributed by atoms with van der Waals surface area (Å²) in [6, 6.07) is 8.17. The standard InChI is InChI=1S/C20H30N4O2/c1-2-22-20(26)24-12-9-18(10-13-24)23-19(25)16-7-5-15(6-8-16)17-4-3-11-21-14-17/h5-8,17-18,21H,2-4,9-14H2,1H3,(H,22,26)(H,23,25). The lowest BCUT2D eigenvalue weighted by atomic mass is 9.91. The molecule has 1 atom stereocenters. The van der Waals surface area contributed by atoms with E-state index in [9.17, 15) is 9.59 Å². The number of nitrogens with zero attached hydrogens (tertiary/aromatic N) is 1. The number of carbonyl (C=O) groups excluding carboxylic acids is 2. The van der Waals surface area contributed by atoms with Crippen molar-refractivity contribution in [2.24, 2.45) is 0 Å². The number of nitrogens with one attached hydrogen (secondary N) is 3. The molecule has 142 valence electrons. The molecule has 3 N–H and O–H groups in total. The first kappa shape index (κ1) is 18.7. The first-order chi connectivity index (χ1) is 12.7. The summed E-state index contributed by atoms with van der Waals surface area (Å²) in [5, 5.41) is 9.37. The molecule has 6 nitrogen and oxygen atoms in total. The number of hydrogen-bond acceptors (Lipinski definition) is 3. The Kier molecular flexibility index (Phi) is 6.50. The molecule has 0 aromatic heterocycles. The highest BCUT2D eigenvalue weighted by molar-refractivity contribution is 5.94. The van der Waals surface area contributed by atoms with Crippen molar-refractivity contribution in [1.82, 2.24) is 20.9 Å². The molecular formula is C20H30N4O2. The average Bonchev–Trinajstić information content (AvgIpc) is 2.69. The van der Waals surface area contributed by atoms with Crippen LogP contribution >= 0.6 is 0 Å². The van der Waals surface area contributed by atoms with Crippen LogP contribution < -0.4 is 16.0 Å². The van der Waals surface area contributed by atoms with Gasteiger partial charge in [0.1, 0.15) is 0 Å². The van der Waals surface area contributed by atoms with E-state index in [0.29, 0.717) is 31.1 Å². The topological polar surface area (TPSA) is 73.5 Å². The number of rotatable bonds is 4. The Morgan fingerprint density at radius 3 is 2.50 bits per heavy atom. The Hall–Kier alpha value is -2.08. The predicted octanol–water partition coefficient (Wildman–Crippen LogP) is 2.08. The van der Waals surface area contributed by atoms with Crippen molar-refractivity contribution in [3.05, 3.63) is 35.4 Å². The molecular weight excluding hydrogens is 328 g/mol. The van der Waals surface area contributed by atoms with Gasteiger partial charge in [0.15, 0.2) is 0 Å². The maximum Gasteiger partial charge on any atom is 0.317 e. The molecule has 1 aromatic carbocycles. The van der Waals surface area contributed by atoms with Gasteiger partial charge >= 0.3 is 6.03 Å². The zero-order valence-corrected chi connectivity index (χ0v) is 15.6. The second-order valence-electron chi connectivity index (χ2n) is 7.24. The number of benzene rings is 1. The van der Waals surface area contributed by atoms with Crippen LogP contribution in [0.2, 0.25) is 0 Å². The van der Waals surface area contributed by atoms with Gasteiger partial charge in [-0.1, -0.05) is 12.1 Å². The third-order valence-electron chi connectivity index (χ3n) is 5.39. The summed E-state index contributed by atoms with van der Waals surface area (Å²) in [6.45, 7) is 6.06. The van der Waals surface area contributed by atoms with Gasteiger partial charge in [0.25, 0.3) is 5.91 Å². The number of likely N-dealkylation sites (tertiary alicyclic amines) is 1. The van der Waals surface area contributed by atoms with Gasteiger partial charge in [-0.3, -0.25) is 4.79 Å². The Bertz CT molecular complexity index is 603. The summed E-state index contributed by atoms with van der Waals surface area (Å²) in [5.41, 5.74) is 2.02. The average molecular weight is 358 g/mol. The van der Waals surface area contributed by atoms with Gasteiger partial charge in [-0.2, -0.15) is 0 Å². The minimum absolute atomic E-state index is 0.00920. The summed E-state index contributed by atoms with van der Waals surface area (Å²) in [4.78, 5) is 26.2. The van der Waals surface area contributed by atoms with Crippen LogP contribution in [-0.2, 0) is 0 Å². The maximum atomic E-state index is 12.5. The van der Waals surface area contributed by atoms with Gasteiger partial charge in [-0.05, 0) is 62.8 Å². The van der Waals surface area contributed by atoms with Crippen molar-refractivity contribution in [2.75, 3.05) is 32.7 Å².